The molecule has 1 fully saturated rings. The average molecular weight is 402 g/mol. The molecule has 5 heteroatoms. The highest BCUT2D eigenvalue weighted by atomic mass is 127. The molecule has 0 radical (unpaired) electrons. The molecule has 2 rings (SSSR count). The summed E-state index contributed by atoms with van der Waals surface area (Å²) in [6.07, 6.45) is 2.01. The Kier molecular flexibility index (Phi) is 6.44. The summed E-state index contributed by atoms with van der Waals surface area (Å²) in [6, 6.07) is 9.45. The van der Waals surface area contributed by atoms with Gasteiger partial charge in [-0.3, -0.25) is 4.79 Å². The number of carbonyl (C=O) groups excluding carboxylic acids is 1. The second-order valence-corrected chi connectivity index (χ2v) is 6.77. The molecule has 1 atom stereocenters. The van der Waals surface area contributed by atoms with Crippen molar-refractivity contribution in [3.8, 4) is 0 Å². The molecule has 1 aromatic rings. The number of rotatable bonds is 5. The predicted octanol–water partition coefficient (Wildman–Crippen LogP) is 2.58. The minimum absolute atomic E-state index is 0.0987. The Morgan fingerprint density at radius 3 is 2.57 bits per heavy atom. The van der Waals surface area contributed by atoms with Gasteiger partial charge in [0.05, 0.1) is 0 Å². The first-order valence-corrected chi connectivity index (χ1v) is 8.46. The number of methoxy groups -OCH3 is 1. The van der Waals surface area contributed by atoms with Gasteiger partial charge in [0.25, 0.3) is 0 Å². The van der Waals surface area contributed by atoms with Crippen molar-refractivity contribution in [2.24, 2.45) is 0 Å². The van der Waals surface area contributed by atoms with Crippen molar-refractivity contribution in [2.45, 2.75) is 31.8 Å². The van der Waals surface area contributed by atoms with Gasteiger partial charge in [0.15, 0.2) is 0 Å². The van der Waals surface area contributed by atoms with Crippen LogP contribution in [0.15, 0.2) is 24.3 Å². The Hall–Kier alpha value is -0.660. The second-order valence-electron chi connectivity index (χ2n) is 5.53. The van der Waals surface area contributed by atoms with Gasteiger partial charge in [0, 0.05) is 35.9 Å². The fourth-order valence-electron chi connectivity index (χ4n) is 2.71. The number of amides is 1. The number of ether oxygens (including phenoxy) is 1. The van der Waals surface area contributed by atoms with Crippen molar-refractivity contribution in [1.82, 2.24) is 10.2 Å². The summed E-state index contributed by atoms with van der Waals surface area (Å²) >= 11 is 2.32. The maximum atomic E-state index is 11.8. The van der Waals surface area contributed by atoms with E-state index in [-0.39, 0.29) is 12.5 Å². The van der Waals surface area contributed by atoms with Crippen molar-refractivity contribution in [3.63, 3.8) is 0 Å². The molecule has 1 aromatic carbocycles. The summed E-state index contributed by atoms with van der Waals surface area (Å²) in [7, 11) is 1.56. The van der Waals surface area contributed by atoms with Crippen LogP contribution in [0.5, 0.6) is 0 Å². The number of halogens is 1. The minimum Gasteiger partial charge on any atom is -0.375 e. The minimum atomic E-state index is 0.0987. The van der Waals surface area contributed by atoms with Gasteiger partial charge in [-0.1, -0.05) is 12.1 Å². The lowest BCUT2D eigenvalue weighted by molar-refractivity contribution is -0.136. The van der Waals surface area contributed by atoms with E-state index in [0.29, 0.717) is 12.1 Å². The molecule has 1 N–H and O–H groups in total. The maximum Gasteiger partial charge on any atom is 0.248 e. The lowest BCUT2D eigenvalue weighted by atomic mass is 10.0. The third-order valence-corrected chi connectivity index (χ3v) is 4.69. The van der Waals surface area contributed by atoms with Gasteiger partial charge in [-0.05, 0) is 60.1 Å². The molecule has 4 nitrogen and oxygen atoms in total. The van der Waals surface area contributed by atoms with Crippen LogP contribution in [0.2, 0.25) is 0 Å². The van der Waals surface area contributed by atoms with E-state index in [2.05, 4.69) is 59.1 Å². The Morgan fingerprint density at radius 2 is 2.00 bits per heavy atom. The van der Waals surface area contributed by atoms with Crippen LogP contribution in [0.4, 0.5) is 0 Å². The molecule has 0 saturated carbocycles. The maximum absolute atomic E-state index is 11.8. The number of nitrogens with one attached hydrogen (secondary N) is 1. The highest BCUT2D eigenvalue weighted by Gasteiger charge is 2.23. The first-order chi connectivity index (χ1) is 10.1. The number of hydrogen-bond donors (Lipinski definition) is 1. The standard InChI is InChI=1S/C16H23IN2O2/c1-12(13-3-5-14(17)6-4-13)18-15-7-9-19(10-8-15)16(20)11-21-2/h3-6,12,15,18H,7-11H2,1-2H3. The summed E-state index contributed by atoms with van der Waals surface area (Å²) in [5.74, 6) is 0.0987. The fourth-order valence-corrected chi connectivity index (χ4v) is 3.07. The molecule has 1 aliphatic heterocycles. The molecule has 116 valence electrons. The Bertz CT molecular complexity index is 456. The average Bonchev–Trinajstić information content (AvgIpc) is 2.49. The van der Waals surface area contributed by atoms with Gasteiger partial charge < -0.3 is 15.0 Å². The fraction of sp³-hybridized carbons (Fsp3) is 0.562. The van der Waals surface area contributed by atoms with Gasteiger partial charge in [0.2, 0.25) is 5.91 Å². The number of nitrogens with zero attached hydrogens (tertiary/aromatic N) is 1. The van der Waals surface area contributed by atoms with E-state index >= 15 is 0 Å². The van der Waals surface area contributed by atoms with Crippen LogP contribution in [0.25, 0.3) is 0 Å². The number of piperidine rings is 1. The monoisotopic (exact) mass is 402 g/mol. The lowest BCUT2D eigenvalue weighted by Gasteiger charge is -2.34. The third kappa shape index (κ3) is 4.93. The van der Waals surface area contributed by atoms with Crippen LogP contribution in [-0.4, -0.2) is 43.7 Å². The Balaban J connectivity index is 1.80. The zero-order chi connectivity index (χ0) is 15.2. The number of benzene rings is 1. The molecular weight excluding hydrogens is 379 g/mol. The highest BCUT2D eigenvalue weighted by molar-refractivity contribution is 14.1. The van der Waals surface area contributed by atoms with Crippen molar-refractivity contribution < 1.29 is 9.53 Å². The summed E-state index contributed by atoms with van der Waals surface area (Å²) in [6.45, 7) is 4.03. The molecule has 0 aromatic heterocycles. The van der Waals surface area contributed by atoms with E-state index in [9.17, 15) is 4.79 Å². The molecule has 1 heterocycles. The van der Waals surface area contributed by atoms with Gasteiger partial charge in [-0.15, -0.1) is 0 Å². The van der Waals surface area contributed by atoms with Crippen LogP contribution >= 0.6 is 22.6 Å². The molecule has 0 bridgehead atoms. The van der Waals surface area contributed by atoms with E-state index in [1.54, 1.807) is 7.11 Å². The number of carbonyl (C=O) groups is 1. The van der Waals surface area contributed by atoms with E-state index in [0.717, 1.165) is 25.9 Å². The molecule has 1 unspecified atom stereocenters. The summed E-state index contributed by atoms with van der Waals surface area (Å²) in [4.78, 5) is 13.7. The largest absolute Gasteiger partial charge is 0.375 e. The first-order valence-electron chi connectivity index (χ1n) is 7.38. The first kappa shape index (κ1) is 16.7. The van der Waals surface area contributed by atoms with Crippen molar-refractivity contribution >= 4 is 28.5 Å². The normalized spacial score (nSPS) is 17.8. The molecular formula is C16H23IN2O2. The van der Waals surface area contributed by atoms with Crippen LogP contribution in [0.1, 0.15) is 31.4 Å². The predicted molar refractivity (Wildman–Crippen MR) is 92.2 cm³/mol. The van der Waals surface area contributed by atoms with Crippen molar-refractivity contribution in [2.75, 3.05) is 26.8 Å². The second kappa shape index (κ2) is 8.10. The highest BCUT2D eigenvalue weighted by Crippen LogP contribution is 2.18. The van der Waals surface area contributed by atoms with Gasteiger partial charge in [-0.2, -0.15) is 0 Å². The van der Waals surface area contributed by atoms with E-state index in [4.69, 9.17) is 4.74 Å². The van der Waals surface area contributed by atoms with E-state index in [1.807, 2.05) is 4.90 Å². The Morgan fingerprint density at radius 1 is 1.38 bits per heavy atom. The molecule has 0 aliphatic carbocycles. The lowest BCUT2D eigenvalue weighted by Crippen LogP contribution is -2.46. The molecule has 1 amide bonds. The summed E-state index contributed by atoms with van der Waals surface area (Å²) in [5, 5.41) is 3.67. The Labute approximate surface area is 140 Å². The van der Waals surface area contributed by atoms with E-state index in [1.165, 1.54) is 9.13 Å². The van der Waals surface area contributed by atoms with E-state index < -0.39 is 0 Å². The molecule has 21 heavy (non-hydrogen) atoms. The van der Waals surface area contributed by atoms with Gasteiger partial charge in [0.1, 0.15) is 6.61 Å². The van der Waals surface area contributed by atoms with Crippen molar-refractivity contribution in [3.05, 3.63) is 33.4 Å². The SMILES string of the molecule is COCC(=O)N1CCC(NC(C)c2ccc(I)cc2)CC1. The van der Waals surface area contributed by atoms with Gasteiger partial charge in [-0.25, -0.2) is 0 Å². The molecule has 1 saturated heterocycles. The third-order valence-electron chi connectivity index (χ3n) is 3.97. The molecule has 1 aliphatic rings. The zero-order valence-electron chi connectivity index (χ0n) is 12.6. The summed E-state index contributed by atoms with van der Waals surface area (Å²) < 4.78 is 6.17. The number of likely N-dealkylation sites (tertiary alicyclic amines) is 1. The topological polar surface area (TPSA) is 41.6 Å². The van der Waals surface area contributed by atoms with Gasteiger partial charge >= 0.3 is 0 Å². The molecule has 0 spiro atoms. The quantitative estimate of drug-likeness (QED) is 0.770. The van der Waals surface area contributed by atoms with Crippen LogP contribution in [0, 0.1) is 3.57 Å². The summed E-state index contributed by atoms with van der Waals surface area (Å²) in [5.41, 5.74) is 1.31. The smallest absolute Gasteiger partial charge is 0.248 e. The zero-order valence-corrected chi connectivity index (χ0v) is 14.8. The van der Waals surface area contributed by atoms with Crippen LogP contribution in [0.3, 0.4) is 0 Å². The van der Waals surface area contributed by atoms with Crippen molar-refractivity contribution in [1.29, 1.82) is 0 Å². The van der Waals surface area contributed by atoms with Crippen LogP contribution in [-0.2, 0) is 9.53 Å². The number of hydrogen-bond acceptors (Lipinski definition) is 3. The van der Waals surface area contributed by atoms with Crippen LogP contribution < -0.4 is 5.32 Å².